The van der Waals surface area contributed by atoms with E-state index in [-0.39, 0.29) is 11.9 Å². The normalized spacial score (nSPS) is 14.7. The lowest BCUT2D eigenvalue weighted by Crippen LogP contribution is -2.19. The predicted molar refractivity (Wildman–Crippen MR) is 83.0 cm³/mol. The van der Waals surface area contributed by atoms with Crippen LogP contribution in [0.2, 0.25) is 10.0 Å². The lowest BCUT2D eigenvalue weighted by molar-refractivity contribution is 0.350. The predicted octanol–water partition coefficient (Wildman–Crippen LogP) is 4.38. The van der Waals surface area contributed by atoms with Crippen molar-refractivity contribution in [3.63, 3.8) is 0 Å². The average Bonchev–Trinajstić information content (AvgIpc) is 2.89. The summed E-state index contributed by atoms with van der Waals surface area (Å²) in [6.45, 7) is 0.627. The minimum Gasteiger partial charge on any atom is -0.493 e. The number of benzene rings is 2. The Morgan fingerprint density at radius 1 is 1.14 bits per heavy atom. The molecule has 3 rings (SSSR count). The van der Waals surface area contributed by atoms with Crippen LogP contribution in [0.15, 0.2) is 30.3 Å². The second-order valence-electron chi connectivity index (χ2n) is 4.97. The molecule has 1 atom stereocenters. The van der Waals surface area contributed by atoms with Crippen molar-refractivity contribution < 1.29 is 9.13 Å². The molecule has 0 radical (unpaired) electrons. The monoisotopic (exact) mass is 325 g/mol. The van der Waals surface area contributed by atoms with Gasteiger partial charge in [-0.2, -0.15) is 0 Å². The van der Waals surface area contributed by atoms with E-state index in [2.05, 4.69) is 5.32 Å². The smallest absolute Gasteiger partial charge is 0.129 e. The Bertz CT molecular complexity index is 690. The summed E-state index contributed by atoms with van der Waals surface area (Å²) < 4.78 is 19.9. The van der Waals surface area contributed by atoms with Gasteiger partial charge in [-0.05, 0) is 36.9 Å². The summed E-state index contributed by atoms with van der Waals surface area (Å²) in [5.74, 6) is 0.446. The third-order valence-electron chi connectivity index (χ3n) is 3.65. The first-order valence-electron chi connectivity index (χ1n) is 6.67. The van der Waals surface area contributed by atoms with E-state index in [1.807, 2.05) is 12.1 Å². The van der Waals surface area contributed by atoms with Crippen molar-refractivity contribution >= 4 is 23.2 Å². The molecule has 2 aromatic carbocycles. The minimum atomic E-state index is -0.353. The molecule has 2 aromatic rings. The Morgan fingerprint density at radius 2 is 1.95 bits per heavy atom. The highest BCUT2D eigenvalue weighted by atomic mass is 35.5. The summed E-state index contributed by atoms with van der Waals surface area (Å²) >= 11 is 12.0. The zero-order chi connectivity index (χ0) is 15.0. The van der Waals surface area contributed by atoms with Crippen LogP contribution < -0.4 is 10.1 Å². The van der Waals surface area contributed by atoms with E-state index < -0.39 is 0 Å². The Kier molecular flexibility index (Phi) is 4.07. The van der Waals surface area contributed by atoms with E-state index in [1.54, 1.807) is 19.2 Å². The summed E-state index contributed by atoms with van der Waals surface area (Å²) in [4.78, 5) is 0. The molecule has 0 aliphatic carbocycles. The number of hydrogen-bond acceptors (Lipinski definition) is 2. The molecule has 0 aromatic heterocycles. The van der Waals surface area contributed by atoms with E-state index in [0.29, 0.717) is 22.2 Å². The number of hydrogen-bond donors (Lipinski definition) is 1. The largest absolute Gasteiger partial charge is 0.493 e. The molecule has 5 heteroatoms. The summed E-state index contributed by atoms with van der Waals surface area (Å²) in [6.07, 6.45) is 0.822. The fourth-order valence-corrected chi connectivity index (χ4v) is 3.13. The molecule has 1 N–H and O–H groups in total. The molecule has 1 aliphatic heterocycles. The topological polar surface area (TPSA) is 21.3 Å². The van der Waals surface area contributed by atoms with Crippen molar-refractivity contribution in [2.45, 2.75) is 12.5 Å². The lowest BCUT2D eigenvalue weighted by atomic mass is 9.95. The molecule has 0 amide bonds. The van der Waals surface area contributed by atoms with Gasteiger partial charge >= 0.3 is 0 Å². The van der Waals surface area contributed by atoms with Crippen LogP contribution in [0.25, 0.3) is 0 Å². The standard InChI is InChI=1S/C16H14Cl2FNO/c1-20-15(12-3-2-10(17)8-14(12)19)13-7-11(18)6-9-4-5-21-16(9)13/h2-3,6-8,15,20H,4-5H2,1H3. The van der Waals surface area contributed by atoms with Crippen LogP contribution in [-0.4, -0.2) is 13.7 Å². The number of rotatable bonds is 3. The van der Waals surface area contributed by atoms with Gasteiger partial charge in [-0.25, -0.2) is 4.39 Å². The van der Waals surface area contributed by atoms with Crippen molar-refractivity contribution in [1.29, 1.82) is 0 Å². The molecule has 1 aliphatic rings. The van der Waals surface area contributed by atoms with Crippen molar-refractivity contribution in [2.75, 3.05) is 13.7 Å². The minimum absolute atomic E-state index is 0.340. The zero-order valence-electron chi connectivity index (χ0n) is 11.4. The molecule has 0 spiro atoms. The Labute approximate surface area is 132 Å². The molecule has 1 unspecified atom stereocenters. The molecule has 110 valence electrons. The van der Waals surface area contributed by atoms with Gasteiger partial charge < -0.3 is 10.1 Å². The first kappa shape index (κ1) is 14.6. The van der Waals surface area contributed by atoms with Gasteiger partial charge in [0.05, 0.1) is 12.6 Å². The maximum Gasteiger partial charge on any atom is 0.129 e. The van der Waals surface area contributed by atoms with Crippen LogP contribution in [0.3, 0.4) is 0 Å². The van der Waals surface area contributed by atoms with E-state index in [1.165, 1.54) is 6.07 Å². The first-order chi connectivity index (χ1) is 10.1. The summed E-state index contributed by atoms with van der Waals surface area (Å²) in [7, 11) is 1.78. The van der Waals surface area contributed by atoms with Gasteiger partial charge in [0.25, 0.3) is 0 Å². The zero-order valence-corrected chi connectivity index (χ0v) is 12.9. The molecule has 0 saturated carbocycles. The maximum absolute atomic E-state index is 14.2. The van der Waals surface area contributed by atoms with E-state index in [4.69, 9.17) is 27.9 Å². The molecule has 21 heavy (non-hydrogen) atoms. The second kappa shape index (κ2) is 5.84. The molecule has 0 bridgehead atoms. The third-order valence-corrected chi connectivity index (χ3v) is 4.10. The highest BCUT2D eigenvalue weighted by molar-refractivity contribution is 6.31. The lowest BCUT2D eigenvalue weighted by Gasteiger charge is -2.21. The number of ether oxygens (including phenoxy) is 1. The summed E-state index contributed by atoms with van der Waals surface area (Å²) in [5.41, 5.74) is 2.42. The molecular weight excluding hydrogens is 312 g/mol. The van der Waals surface area contributed by atoms with Gasteiger partial charge in [0, 0.05) is 27.6 Å². The van der Waals surface area contributed by atoms with Crippen LogP contribution >= 0.6 is 23.2 Å². The fraction of sp³-hybridized carbons (Fsp3) is 0.250. The van der Waals surface area contributed by atoms with Gasteiger partial charge in [0.15, 0.2) is 0 Å². The fourth-order valence-electron chi connectivity index (χ4n) is 2.73. The molecule has 1 heterocycles. The average molecular weight is 326 g/mol. The van der Waals surface area contributed by atoms with Gasteiger partial charge in [-0.15, -0.1) is 0 Å². The van der Waals surface area contributed by atoms with Crippen molar-refractivity contribution in [3.05, 3.63) is 62.9 Å². The highest BCUT2D eigenvalue weighted by Crippen LogP contribution is 2.39. The Hall–Kier alpha value is -1.29. The Morgan fingerprint density at radius 3 is 2.67 bits per heavy atom. The summed E-state index contributed by atoms with van der Waals surface area (Å²) in [5, 5.41) is 4.13. The molecule has 2 nitrogen and oxygen atoms in total. The summed E-state index contributed by atoms with van der Waals surface area (Å²) in [6, 6.07) is 8.05. The van der Waals surface area contributed by atoms with Gasteiger partial charge in [0.2, 0.25) is 0 Å². The third kappa shape index (κ3) is 2.73. The van der Waals surface area contributed by atoms with Gasteiger partial charge in [-0.3, -0.25) is 0 Å². The first-order valence-corrected chi connectivity index (χ1v) is 7.43. The SMILES string of the molecule is CNC(c1ccc(Cl)cc1F)c1cc(Cl)cc2c1OCC2. The van der Waals surface area contributed by atoms with E-state index in [0.717, 1.165) is 23.3 Å². The molecular formula is C16H14Cl2FNO. The second-order valence-corrected chi connectivity index (χ2v) is 5.84. The number of nitrogens with one attached hydrogen (secondary N) is 1. The van der Waals surface area contributed by atoms with Gasteiger partial charge in [-0.1, -0.05) is 29.3 Å². The van der Waals surface area contributed by atoms with Crippen LogP contribution in [-0.2, 0) is 6.42 Å². The van der Waals surface area contributed by atoms with Crippen molar-refractivity contribution in [2.24, 2.45) is 0 Å². The molecule has 0 fully saturated rings. The van der Waals surface area contributed by atoms with Crippen LogP contribution in [0.4, 0.5) is 4.39 Å². The van der Waals surface area contributed by atoms with E-state index in [9.17, 15) is 4.39 Å². The number of fused-ring (bicyclic) bond motifs is 1. The number of halogens is 3. The Balaban J connectivity index is 2.13. The highest BCUT2D eigenvalue weighted by Gasteiger charge is 2.25. The maximum atomic E-state index is 14.2. The molecule has 0 saturated heterocycles. The van der Waals surface area contributed by atoms with Gasteiger partial charge in [0.1, 0.15) is 11.6 Å². The van der Waals surface area contributed by atoms with Crippen molar-refractivity contribution in [3.8, 4) is 5.75 Å². The van der Waals surface area contributed by atoms with Crippen LogP contribution in [0.5, 0.6) is 5.75 Å². The quantitative estimate of drug-likeness (QED) is 0.904. The van der Waals surface area contributed by atoms with Crippen molar-refractivity contribution in [1.82, 2.24) is 5.32 Å². The van der Waals surface area contributed by atoms with Crippen LogP contribution in [0.1, 0.15) is 22.7 Å². The van der Waals surface area contributed by atoms with Crippen LogP contribution in [0, 0.1) is 5.82 Å². The van der Waals surface area contributed by atoms with E-state index >= 15 is 0 Å².